The molecule has 0 aromatic heterocycles. The Hall–Kier alpha value is -2.48. The zero-order valence-corrected chi connectivity index (χ0v) is 26.9. The van der Waals surface area contributed by atoms with Gasteiger partial charge in [0.05, 0.1) is 6.04 Å². The molecule has 2 aliphatic rings. The molecule has 2 saturated carbocycles. The third kappa shape index (κ3) is 8.55. The second-order valence-electron chi connectivity index (χ2n) is 13.2. The lowest BCUT2D eigenvalue weighted by atomic mass is 9.62. The van der Waals surface area contributed by atoms with E-state index in [1.807, 2.05) is 30.1 Å². The van der Waals surface area contributed by atoms with Crippen molar-refractivity contribution >= 4 is 30.2 Å². The molecule has 0 heterocycles. The Balaban J connectivity index is 1.37. The van der Waals surface area contributed by atoms with E-state index in [1.54, 1.807) is 18.8 Å². The molecular weight excluding hydrogens is 542 g/mol. The number of thioether (sulfide) groups is 1. The zero-order valence-electron chi connectivity index (χ0n) is 26.1. The quantitative estimate of drug-likeness (QED) is 0.198. The number of hydrogen-bond donors (Lipinski definition) is 2. The summed E-state index contributed by atoms with van der Waals surface area (Å²) in [6.45, 7) is 8.43. The molecule has 2 aliphatic carbocycles. The number of nitrogens with one attached hydrogen (secondary N) is 2. The molecule has 0 spiro atoms. The van der Waals surface area contributed by atoms with Gasteiger partial charge in [0, 0.05) is 48.3 Å². The van der Waals surface area contributed by atoms with Crippen LogP contribution >= 0.6 is 11.8 Å². The number of carbonyl (C=O) groups excluding carboxylic acids is 3. The van der Waals surface area contributed by atoms with E-state index in [1.165, 1.54) is 48.8 Å². The van der Waals surface area contributed by atoms with Crippen LogP contribution in [0, 0.1) is 24.7 Å². The van der Waals surface area contributed by atoms with E-state index < -0.39 is 6.04 Å². The maximum Gasteiger partial charge on any atom is 0.219 e. The molecule has 2 aromatic carbocycles. The number of carbonyl (C=O) groups is 3. The first kappa shape index (κ1) is 32.4. The van der Waals surface area contributed by atoms with Crippen molar-refractivity contribution in [2.24, 2.45) is 17.8 Å². The van der Waals surface area contributed by atoms with E-state index in [-0.39, 0.29) is 17.9 Å². The standard InChI is InChI=1S/C35H49N3O3S/c1-24-13-27-16-28(14-24)18-35(3,17-27)37-19-29-10-9-26(15-25(29)2)23-42-33-8-6-7-30(21-39)32(33)20-38(5)31(22-40)11-12-34(41)36-4/h6-10,15,21-22,24,27-28,31,37H,11-14,16-20,23H2,1-5H3,(H,36,41). The van der Waals surface area contributed by atoms with Crippen molar-refractivity contribution in [3.05, 3.63) is 64.2 Å². The molecule has 2 N–H and O–H groups in total. The zero-order chi connectivity index (χ0) is 30.3. The monoisotopic (exact) mass is 591 g/mol. The summed E-state index contributed by atoms with van der Waals surface area (Å²) < 4.78 is 0. The minimum absolute atomic E-state index is 0.0861. The molecule has 3 unspecified atom stereocenters. The third-order valence-electron chi connectivity index (χ3n) is 9.50. The number of likely N-dealkylation sites (N-methyl/N-ethyl adjacent to an activating group) is 1. The lowest BCUT2D eigenvalue weighted by Gasteiger charge is -2.48. The van der Waals surface area contributed by atoms with Crippen LogP contribution in [0.4, 0.5) is 0 Å². The maximum absolute atomic E-state index is 11.9. The Labute approximate surface area is 256 Å². The van der Waals surface area contributed by atoms with Gasteiger partial charge in [-0.1, -0.05) is 37.3 Å². The van der Waals surface area contributed by atoms with Crippen molar-refractivity contribution in [1.82, 2.24) is 15.5 Å². The van der Waals surface area contributed by atoms with Gasteiger partial charge in [0.15, 0.2) is 0 Å². The summed E-state index contributed by atoms with van der Waals surface area (Å²) >= 11 is 1.72. The van der Waals surface area contributed by atoms with Crippen molar-refractivity contribution in [2.75, 3.05) is 14.1 Å². The Morgan fingerprint density at radius 1 is 1.14 bits per heavy atom. The van der Waals surface area contributed by atoms with Crippen molar-refractivity contribution in [1.29, 1.82) is 0 Å². The van der Waals surface area contributed by atoms with Crippen LogP contribution in [0.25, 0.3) is 0 Å². The van der Waals surface area contributed by atoms with Gasteiger partial charge in [-0.15, -0.1) is 11.8 Å². The van der Waals surface area contributed by atoms with Crippen LogP contribution in [0.5, 0.6) is 0 Å². The van der Waals surface area contributed by atoms with E-state index in [2.05, 4.69) is 49.6 Å². The number of rotatable bonds is 14. The maximum atomic E-state index is 11.9. The first-order valence-electron chi connectivity index (χ1n) is 15.5. The van der Waals surface area contributed by atoms with Crippen molar-refractivity contribution < 1.29 is 14.4 Å². The van der Waals surface area contributed by atoms with Crippen LogP contribution in [-0.2, 0) is 28.4 Å². The van der Waals surface area contributed by atoms with Gasteiger partial charge in [-0.3, -0.25) is 14.5 Å². The van der Waals surface area contributed by atoms with Gasteiger partial charge in [0.25, 0.3) is 0 Å². The van der Waals surface area contributed by atoms with E-state index in [0.717, 1.165) is 53.1 Å². The van der Waals surface area contributed by atoms with Crippen LogP contribution in [0.3, 0.4) is 0 Å². The third-order valence-corrected chi connectivity index (χ3v) is 10.7. The minimum Gasteiger partial charge on any atom is -0.359 e. The summed E-state index contributed by atoms with van der Waals surface area (Å²) in [6.07, 6.45) is 9.29. The van der Waals surface area contributed by atoms with Gasteiger partial charge >= 0.3 is 0 Å². The SMILES string of the molecule is CNC(=O)CCC(C=O)N(C)Cc1c(C=O)cccc1SCc1ccc(CNC2(C)CC3CC(C)CC(C3)C2)c(C)c1. The highest BCUT2D eigenvalue weighted by Crippen LogP contribution is 2.46. The van der Waals surface area contributed by atoms with Gasteiger partial charge in [-0.05, 0) is 105 Å². The van der Waals surface area contributed by atoms with E-state index >= 15 is 0 Å². The van der Waals surface area contributed by atoms with E-state index in [4.69, 9.17) is 0 Å². The molecule has 4 rings (SSSR count). The Morgan fingerprint density at radius 2 is 1.88 bits per heavy atom. The lowest BCUT2D eigenvalue weighted by Crippen LogP contribution is -2.50. The van der Waals surface area contributed by atoms with E-state index in [0.29, 0.717) is 18.5 Å². The first-order valence-corrected chi connectivity index (χ1v) is 16.5. The molecular formula is C35H49N3O3S. The summed E-state index contributed by atoms with van der Waals surface area (Å²) in [7, 11) is 3.47. The number of benzene rings is 2. The Bertz CT molecular complexity index is 1230. The van der Waals surface area contributed by atoms with Gasteiger partial charge in [-0.2, -0.15) is 0 Å². The number of hydrogen-bond acceptors (Lipinski definition) is 6. The van der Waals surface area contributed by atoms with Crippen molar-refractivity contribution in [2.45, 2.75) is 101 Å². The molecule has 1 amide bonds. The van der Waals surface area contributed by atoms with Crippen molar-refractivity contribution in [3.8, 4) is 0 Å². The molecule has 0 saturated heterocycles. The average Bonchev–Trinajstić information content (AvgIpc) is 2.95. The van der Waals surface area contributed by atoms with Crippen LogP contribution in [-0.4, -0.2) is 49.1 Å². The molecule has 2 bridgehead atoms. The number of nitrogens with zero attached hydrogens (tertiary/aromatic N) is 1. The average molecular weight is 592 g/mol. The topological polar surface area (TPSA) is 78.5 Å². The minimum atomic E-state index is -0.400. The van der Waals surface area contributed by atoms with Crippen LogP contribution in [0.2, 0.25) is 0 Å². The predicted molar refractivity (Wildman–Crippen MR) is 172 cm³/mol. The summed E-state index contributed by atoms with van der Waals surface area (Å²) in [5.41, 5.74) is 5.70. The summed E-state index contributed by atoms with van der Waals surface area (Å²) in [6, 6.07) is 12.2. The molecule has 7 heteroatoms. The molecule has 0 aliphatic heterocycles. The summed E-state index contributed by atoms with van der Waals surface area (Å²) in [5, 5.41) is 6.56. The largest absolute Gasteiger partial charge is 0.359 e. The number of fused-ring (bicyclic) bond motifs is 2. The van der Waals surface area contributed by atoms with Crippen LogP contribution < -0.4 is 10.6 Å². The lowest BCUT2D eigenvalue weighted by molar-refractivity contribution is -0.121. The molecule has 2 aromatic rings. The number of aldehydes is 2. The molecule has 42 heavy (non-hydrogen) atoms. The molecule has 228 valence electrons. The summed E-state index contributed by atoms with van der Waals surface area (Å²) in [5.74, 6) is 3.34. The highest BCUT2D eigenvalue weighted by Gasteiger charge is 2.40. The Kier molecular flexibility index (Phi) is 11.4. The molecule has 0 radical (unpaired) electrons. The van der Waals surface area contributed by atoms with Crippen LogP contribution in [0.1, 0.15) is 91.4 Å². The highest BCUT2D eigenvalue weighted by molar-refractivity contribution is 7.98. The number of aryl methyl sites for hydroxylation is 1. The van der Waals surface area contributed by atoms with E-state index in [9.17, 15) is 14.4 Å². The van der Waals surface area contributed by atoms with Gasteiger partial charge in [-0.25, -0.2) is 0 Å². The van der Waals surface area contributed by atoms with Gasteiger partial charge < -0.3 is 15.4 Å². The molecule has 2 fully saturated rings. The smallest absolute Gasteiger partial charge is 0.219 e. The van der Waals surface area contributed by atoms with Crippen LogP contribution in [0.15, 0.2) is 41.3 Å². The van der Waals surface area contributed by atoms with Crippen molar-refractivity contribution in [3.63, 3.8) is 0 Å². The van der Waals surface area contributed by atoms with Gasteiger partial charge in [0.1, 0.15) is 12.6 Å². The summed E-state index contributed by atoms with van der Waals surface area (Å²) in [4.78, 5) is 38.4. The van der Waals surface area contributed by atoms with Gasteiger partial charge in [0.2, 0.25) is 5.91 Å². The fourth-order valence-corrected chi connectivity index (χ4v) is 8.44. The fraction of sp³-hybridized carbons (Fsp3) is 0.571. The second kappa shape index (κ2) is 14.8. The molecule has 6 nitrogen and oxygen atoms in total. The number of amides is 1. The highest BCUT2D eigenvalue weighted by atomic mass is 32.2. The second-order valence-corrected chi connectivity index (χ2v) is 14.2. The normalized spacial score (nSPS) is 24.3. The molecule has 3 atom stereocenters. The predicted octanol–water partition coefficient (Wildman–Crippen LogP) is 6.32. The first-order chi connectivity index (χ1) is 20.1. The fourth-order valence-electron chi connectivity index (χ4n) is 7.41. The Morgan fingerprint density at radius 3 is 2.52 bits per heavy atom.